The number of rotatable bonds is 15. The van der Waals surface area contributed by atoms with Gasteiger partial charge in [-0.15, -0.1) is 5.06 Å². The summed E-state index contributed by atoms with van der Waals surface area (Å²) in [5.74, 6) is -0.0834. The highest BCUT2D eigenvalue weighted by molar-refractivity contribution is 5.68. The minimum atomic E-state index is -0.0834. The molecule has 1 fully saturated rings. The standard InChI is InChI=1S/C20H39NO3/c1-2-3-4-5-6-7-8-9-10-11-12-13-14-15-20(22)24-21-16-18-23-19-17-21/h2-19H2,1H3. The van der Waals surface area contributed by atoms with Gasteiger partial charge >= 0.3 is 5.97 Å². The molecule has 1 rings (SSSR count). The summed E-state index contributed by atoms with van der Waals surface area (Å²) in [6.07, 6.45) is 17.8. The molecule has 0 aromatic rings. The molecule has 0 saturated carbocycles. The fraction of sp³-hybridized carbons (Fsp3) is 0.950. The van der Waals surface area contributed by atoms with Crippen LogP contribution in [0.2, 0.25) is 0 Å². The molecular formula is C20H39NO3. The van der Waals surface area contributed by atoms with Gasteiger partial charge in [-0.2, -0.15) is 0 Å². The van der Waals surface area contributed by atoms with E-state index in [4.69, 9.17) is 9.57 Å². The molecule has 1 aliphatic rings. The van der Waals surface area contributed by atoms with Gasteiger partial charge in [0, 0.05) is 6.42 Å². The molecule has 0 radical (unpaired) electrons. The number of ether oxygens (including phenoxy) is 1. The quantitative estimate of drug-likeness (QED) is 0.381. The smallest absolute Gasteiger partial charge is 0.325 e. The lowest BCUT2D eigenvalue weighted by molar-refractivity contribution is -0.205. The van der Waals surface area contributed by atoms with E-state index in [1.807, 2.05) is 0 Å². The topological polar surface area (TPSA) is 38.8 Å². The van der Waals surface area contributed by atoms with Crippen LogP contribution in [-0.4, -0.2) is 37.3 Å². The first-order valence-corrected chi connectivity index (χ1v) is 10.4. The Balaban J connectivity index is 1.76. The first-order valence-electron chi connectivity index (χ1n) is 10.4. The fourth-order valence-electron chi connectivity index (χ4n) is 3.11. The van der Waals surface area contributed by atoms with E-state index in [-0.39, 0.29) is 5.97 Å². The SMILES string of the molecule is CCCCCCCCCCCCCCCC(=O)ON1CCOCC1. The predicted octanol–water partition coefficient (Wildman–Crippen LogP) is 5.26. The van der Waals surface area contributed by atoms with Gasteiger partial charge in [0.25, 0.3) is 0 Å². The van der Waals surface area contributed by atoms with E-state index in [1.54, 1.807) is 5.06 Å². The van der Waals surface area contributed by atoms with E-state index in [9.17, 15) is 4.79 Å². The average Bonchev–Trinajstić information content (AvgIpc) is 2.60. The molecule has 4 nitrogen and oxygen atoms in total. The molecule has 0 atom stereocenters. The lowest BCUT2D eigenvalue weighted by Gasteiger charge is -2.24. The summed E-state index contributed by atoms with van der Waals surface area (Å²) in [6, 6.07) is 0. The Kier molecular flexibility index (Phi) is 14.2. The van der Waals surface area contributed by atoms with Crippen LogP contribution in [0.1, 0.15) is 96.8 Å². The van der Waals surface area contributed by atoms with Gasteiger partial charge in [0.1, 0.15) is 0 Å². The van der Waals surface area contributed by atoms with Gasteiger partial charge in [0.15, 0.2) is 0 Å². The largest absolute Gasteiger partial charge is 0.379 e. The second-order valence-corrected chi connectivity index (χ2v) is 7.00. The number of nitrogens with zero attached hydrogens (tertiary/aromatic N) is 1. The molecular weight excluding hydrogens is 302 g/mol. The van der Waals surface area contributed by atoms with Crippen LogP contribution >= 0.6 is 0 Å². The zero-order valence-corrected chi connectivity index (χ0v) is 15.9. The van der Waals surface area contributed by atoms with Gasteiger partial charge < -0.3 is 9.57 Å². The minimum absolute atomic E-state index is 0.0834. The lowest BCUT2D eigenvalue weighted by Crippen LogP contribution is -2.37. The monoisotopic (exact) mass is 341 g/mol. The Hall–Kier alpha value is -0.610. The highest BCUT2D eigenvalue weighted by Gasteiger charge is 2.14. The Morgan fingerprint density at radius 2 is 1.25 bits per heavy atom. The summed E-state index contributed by atoms with van der Waals surface area (Å²) in [6.45, 7) is 4.99. The molecule has 24 heavy (non-hydrogen) atoms. The van der Waals surface area contributed by atoms with E-state index in [0.29, 0.717) is 32.7 Å². The van der Waals surface area contributed by atoms with E-state index < -0.39 is 0 Å². The van der Waals surface area contributed by atoms with Gasteiger partial charge in [-0.3, -0.25) is 4.79 Å². The third kappa shape index (κ3) is 12.8. The molecule has 0 spiro atoms. The second-order valence-electron chi connectivity index (χ2n) is 7.00. The Bertz CT molecular complexity index is 291. The van der Waals surface area contributed by atoms with Gasteiger partial charge in [-0.25, -0.2) is 0 Å². The van der Waals surface area contributed by atoms with Crippen LogP contribution in [0, 0.1) is 0 Å². The lowest BCUT2D eigenvalue weighted by atomic mass is 10.0. The molecule has 1 saturated heterocycles. The predicted molar refractivity (Wildman–Crippen MR) is 98.8 cm³/mol. The van der Waals surface area contributed by atoms with E-state index in [2.05, 4.69) is 6.92 Å². The Labute approximate surface area is 149 Å². The molecule has 0 unspecified atom stereocenters. The third-order valence-corrected chi connectivity index (χ3v) is 4.69. The number of unbranched alkanes of at least 4 members (excludes halogenated alkanes) is 12. The minimum Gasteiger partial charge on any atom is -0.379 e. The zero-order valence-electron chi connectivity index (χ0n) is 15.9. The summed E-state index contributed by atoms with van der Waals surface area (Å²) >= 11 is 0. The van der Waals surface area contributed by atoms with Crippen LogP contribution in [0.3, 0.4) is 0 Å². The first kappa shape index (κ1) is 21.4. The highest BCUT2D eigenvalue weighted by Crippen LogP contribution is 2.13. The number of hydroxylamine groups is 2. The Morgan fingerprint density at radius 1 is 0.792 bits per heavy atom. The van der Waals surface area contributed by atoms with Crippen LogP contribution in [0.15, 0.2) is 0 Å². The molecule has 0 aromatic heterocycles. The molecule has 4 heteroatoms. The molecule has 142 valence electrons. The molecule has 1 aliphatic heterocycles. The maximum atomic E-state index is 11.7. The summed E-state index contributed by atoms with van der Waals surface area (Å²) in [4.78, 5) is 17.0. The summed E-state index contributed by atoms with van der Waals surface area (Å²) in [5, 5.41) is 1.73. The molecule has 0 bridgehead atoms. The molecule has 0 N–H and O–H groups in total. The number of hydrogen-bond acceptors (Lipinski definition) is 4. The van der Waals surface area contributed by atoms with Crippen LogP contribution in [0.25, 0.3) is 0 Å². The number of carbonyl (C=O) groups excluding carboxylic acids is 1. The second kappa shape index (κ2) is 15.9. The van der Waals surface area contributed by atoms with Crippen molar-refractivity contribution in [2.45, 2.75) is 96.8 Å². The van der Waals surface area contributed by atoms with E-state index >= 15 is 0 Å². The van der Waals surface area contributed by atoms with Crippen molar-refractivity contribution in [1.82, 2.24) is 5.06 Å². The Morgan fingerprint density at radius 3 is 1.75 bits per heavy atom. The van der Waals surface area contributed by atoms with Gasteiger partial charge in [0.2, 0.25) is 0 Å². The maximum Gasteiger partial charge on any atom is 0.325 e. The van der Waals surface area contributed by atoms with E-state index in [1.165, 1.54) is 70.6 Å². The maximum absolute atomic E-state index is 11.7. The van der Waals surface area contributed by atoms with Crippen molar-refractivity contribution >= 4 is 5.97 Å². The van der Waals surface area contributed by atoms with Crippen LogP contribution in [0.5, 0.6) is 0 Å². The van der Waals surface area contributed by atoms with Crippen LogP contribution < -0.4 is 0 Å². The summed E-state index contributed by atoms with van der Waals surface area (Å²) in [7, 11) is 0. The molecule has 1 heterocycles. The molecule has 0 aromatic carbocycles. The van der Waals surface area contributed by atoms with Crippen LogP contribution in [0.4, 0.5) is 0 Å². The van der Waals surface area contributed by atoms with Crippen molar-refractivity contribution in [2.75, 3.05) is 26.3 Å². The van der Waals surface area contributed by atoms with Crippen LogP contribution in [-0.2, 0) is 14.4 Å². The van der Waals surface area contributed by atoms with Crippen molar-refractivity contribution in [2.24, 2.45) is 0 Å². The molecule has 0 aliphatic carbocycles. The first-order chi connectivity index (χ1) is 11.8. The summed E-state index contributed by atoms with van der Waals surface area (Å²) in [5.41, 5.74) is 0. The summed E-state index contributed by atoms with van der Waals surface area (Å²) < 4.78 is 5.23. The van der Waals surface area contributed by atoms with Crippen molar-refractivity contribution in [3.8, 4) is 0 Å². The normalized spacial score (nSPS) is 15.5. The third-order valence-electron chi connectivity index (χ3n) is 4.69. The van der Waals surface area contributed by atoms with Crippen molar-refractivity contribution < 1.29 is 14.4 Å². The average molecular weight is 342 g/mol. The van der Waals surface area contributed by atoms with Crippen molar-refractivity contribution in [1.29, 1.82) is 0 Å². The number of morpholine rings is 1. The fourth-order valence-corrected chi connectivity index (χ4v) is 3.11. The number of hydrogen-bond donors (Lipinski definition) is 0. The van der Waals surface area contributed by atoms with Gasteiger partial charge in [-0.05, 0) is 6.42 Å². The van der Waals surface area contributed by atoms with Crippen molar-refractivity contribution in [3.63, 3.8) is 0 Å². The van der Waals surface area contributed by atoms with Gasteiger partial charge in [0.05, 0.1) is 26.3 Å². The van der Waals surface area contributed by atoms with Gasteiger partial charge in [-0.1, -0.05) is 84.0 Å². The van der Waals surface area contributed by atoms with E-state index in [0.717, 1.165) is 12.8 Å². The number of carbonyl (C=O) groups is 1. The van der Waals surface area contributed by atoms with Crippen molar-refractivity contribution in [3.05, 3.63) is 0 Å². The molecule has 0 amide bonds. The zero-order chi connectivity index (χ0) is 17.3. The highest BCUT2D eigenvalue weighted by atomic mass is 16.7.